The summed E-state index contributed by atoms with van der Waals surface area (Å²) in [5, 5.41) is 3.18. The Bertz CT molecular complexity index is 159. The molecule has 0 aromatic carbocycles. The van der Waals surface area contributed by atoms with Gasteiger partial charge in [-0.3, -0.25) is 4.79 Å². The largest absolute Gasteiger partial charge is 0.380 e. The van der Waals surface area contributed by atoms with Gasteiger partial charge in [0, 0.05) is 39.2 Å². The quantitative estimate of drug-likeness (QED) is 0.582. The van der Waals surface area contributed by atoms with Crippen LogP contribution in [-0.2, 0) is 9.53 Å². The highest BCUT2D eigenvalue weighted by Crippen LogP contribution is 1.92. The molecule has 0 aliphatic heterocycles. The molecular weight excluding hydrogens is 192 g/mol. The summed E-state index contributed by atoms with van der Waals surface area (Å²) in [5.41, 5.74) is 0. The summed E-state index contributed by atoms with van der Waals surface area (Å²) in [6, 6.07) is 0. The van der Waals surface area contributed by atoms with Crippen LogP contribution in [-0.4, -0.2) is 50.2 Å². The molecule has 0 unspecified atom stereocenters. The van der Waals surface area contributed by atoms with Gasteiger partial charge in [-0.15, -0.1) is 0 Å². The van der Waals surface area contributed by atoms with Crippen LogP contribution in [0.2, 0.25) is 0 Å². The van der Waals surface area contributed by atoms with Gasteiger partial charge in [0.15, 0.2) is 0 Å². The van der Waals surface area contributed by atoms with Crippen molar-refractivity contribution in [1.82, 2.24) is 10.2 Å². The Morgan fingerprint density at radius 2 is 1.87 bits per heavy atom. The van der Waals surface area contributed by atoms with Crippen LogP contribution in [0, 0.1) is 0 Å². The van der Waals surface area contributed by atoms with Crippen LogP contribution < -0.4 is 5.32 Å². The molecule has 0 rings (SSSR count). The van der Waals surface area contributed by atoms with E-state index in [1.54, 1.807) is 0 Å². The number of carbonyl (C=O) groups excluding carboxylic acids is 1. The molecule has 0 atom stereocenters. The number of nitrogens with one attached hydrogen (secondary N) is 1. The molecule has 0 aromatic rings. The number of amides is 1. The molecule has 15 heavy (non-hydrogen) atoms. The van der Waals surface area contributed by atoms with E-state index in [0.717, 1.165) is 39.4 Å². The van der Waals surface area contributed by atoms with Gasteiger partial charge in [0.1, 0.15) is 0 Å². The zero-order valence-electron chi connectivity index (χ0n) is 10.2. The van der Waals surface area contributed by atoms with Crippen molar-refractivity contribution in [2.75, 3.05) is 39.4 Å². The van der Waals surface area contributed by atoms with E-state index in [1.165, 1.54) is 0 Å². The van der Waals surface area contributed by atoms with Crippen molar-refractivity contribution in [3.63, 3.8) is 0 Å². The highest BCUT2D eigenvalue weighted by atomic mass is 16.5. The van der Waals surface area contributed by atoms with Crippen LogP contribution >= 0.6 is 0 Å². The zero-order chi connectivity index (χ0) is 11.5. The molecule has 90 valence electrons. The Morgan fingerprint density at radius 1 is 1.20 bits per heavy atom. The maximum Gasteiger partial charge on any atom is 0.223 e. The second-order valence-electron chi connectivity index (χ2n) is 3.26. The fourth-order valence-electron chi connectivity index (χ4n) is 1.34. The third-order valence-electron chi connectivity index (χ3n) is 2.26. The third kappa shape index (κ3) is 7.33. The molecular formula is C11H24N2O2. The van der Waals surface area contributed by atoms with Gasteiger partial charge in [-0.05, 0) is 20.8 Å². The minimum Gasteiger partial charge on any atom is -0.380 e. The monoisotopic (exact) mass is 216 g/mol. The van der Waals surface area contributed by atoms with Crippen LogP contribution in [0.15, 0.2) is 0 Å². The summed E-state index contributed by atoms with van der Waals surface area (Å²) in [6.07, 6.45) is 0.577. The maximum atomic E-state index is 11.5. The predicted molar refractivity (Wildman–Crippen MR) is 61.9 cm³/mol. The minimum atomic E-state index is 0.226. The van der Waals surface area contributed by atoms with E-state index in [2.05, 4.69) is 5.32 Å². The zero-order valence-corrected chi connectivity index (χ0v) is 10.2. The van der Waals surface area contributed by atoms with E-state index in [-0.39, 0.29) is 5.91 Å². The fraction of sp³-hybridized carbons (Fsp3) is 0.909. The molecule has 1 N–H and O–H groups in total. The van der Waals surface area contributed by atoms with Crippen LogP contribution in [0.1, 0.15) is 27.2 Å². The molecule has 4 nitrogen and oxygen atoms in total. The van der Waals surface area contributed by atoms with Gasteiger partial charge in [-0.2, -0.15) is 0 Å². The second-order valence-corrected chi connectivity index (χ2v) is 3.26. The molecule has 0 saturated carbocycles. The van der Waals surface area contributed by atoms with Crippen molar-refractivity contribution >= 4 is 5.91 Å². The highest BCUT2D eigenvalue weighted by Gasteiger charge is 2.07. The smallest absolute Gasteiger partial charge is 0.223 e. The molecule has 0 fully saturated rings. The molecule has 1 amide bonds. The standard InChI is InChI=1S/C11H24N2O2/c1-4-13(5-2)11(14)7-8-12-9-10-15-6-3/h12H,4-10H2,1-3H3. The van der Waals surface area contributed by atoms with Gasteiger partial charge in [0.2, 0.25) is 5.91 Å². The highest BCUT2D eigenvalue weighted by molar-refractivity contribution is 5.76. The van der Waals surface area contributed by atoms with Gasteiger partial charge in [0.25, 0.3) is 0 Å². The number of carbonyl (C=O) groups is 1. The first-order chi connectivity index (χ1) is 7.26. The summed E-state index contributed by atoms with van der Waals surface area (Å²) in [5.74, 6) is 0.226. The number of nitrogens with zero attached hydrogens (tertiary/aromatic N) is 1. The lowest BCUT2D eigenvalue weighted by Crippen LogP contribution is -2.33. The number of ether oxygens (including phenoxy) is 1. The van der Waals surface area contributed by atoms with Crippen LogP contribution in [0.25, 0.3) is 0 Å². The summed E-state index contributed by atoms with van der Waals surface area (Å²) in [4.78, 5) is 13.4. The Hall–Kier alpha value is -0.610. The van der Waals surface area contributed by atoms with E-state index in [4.69, 9.17) is 4.74 Å². The number of hydrogen-bond donors (Lipinski definition) is 1. The first kappa shape index (κ1) is 14.4. The predicted octanol–water partition coefficient (Wildman–Crippen LogP) is 0.871. The fourth-order valence-corrected chi connectivity index (χ4v) is 1.34. The molecule has 0 radical (unpaired) electrons. The number of rotatable bonds is 9. The molecule has 0 bridgehead atoms. The lowest BCUT2D eigenvalue weighted by atomic mass is 10.3. The lowest BCUT2D eigenvalue weighted by Gasteiger charge is -2.18. The first-order valence-electron chi connectivity index (χ1n) is 5.82. The molecule has 0 aromatic heterocycles. The van der Waals surface area contributed by atoms with Gasteiger partial charge < -0.3 is 15.0 Å². The Labute approximate surface area is 93.0 Å². The molecule has 0 spiro atoms. The normalized spacial score (nSPS) is 10.3. The van der Waals surface area contributed by atoms with E-state index in [1.807, 2.05) is 25.7 Å². The van der Waals surface area contributed by atoms with Crippen molar-refractivity contribution in [3.8, 4) is 0 Å². The Morgan fingerprint density at radius 3 is 2.40 bits per heavy atom. The van der Waals surface area contributed by atoms with Crippen molar-refractivity contribution in [3.05, 3.63) is 0 Å². The summed E-state index contributed by atoms with van der Waals surface area (Å²) >= 11 is 0. The van der Waals surface area contributed by atoms with E-state index >= 15 is 0 Å². The van der Waals surface area contributed by atoms with Gasteiger partial charge >= 0.3 is 0 Å². The van der Waals surface area contributed by atoms with Gasteiger partial charge in [-0.1, -0.05) is 0 Å². The van der Waals surface area contributed by atoms with Gasteiger partial charge in [0.05, 0.1) is 6.61 Å². The van der Waals surface area contributed by atoms with E-state index < -0.39 is 0 Å². The second kappa shape index (κ2) is 9.93. The lowest BCUT2D eigenvalue weighted by molar-refractivity contribution is -0.130. The van der Waals surface area contributed by atoms with Gasteiger partial charge in [-0.25, -0.2) is 0 Å². The van der Waals surface area contributed by atoms with Crippen LogP contribution in [0.5, 0.6) is 0 Å². The summed E-state index contributed by atoms with van der Waals surface area (Å²) in [7, 11) is 0. The van der Waals surface area contributed by atoms with Crippen molar-refractivity contribution in [1.29, 1.82) is 0 Å². The topological polar surface area (TPSA) is 41.6 Å². The number of hydrogen-bond acceptors (Lipinski definition) is 3. The van der Waals surface area contributed by atoms with Crippen LogP contribution in [0.4, 0.5) is 0 Å². The minimum absolute atomic E-state index is 0.226. The van der Waals surface area contributed by atoms with Crippen molar-refractivity contribution in [2.24, 2.45) is 0 Å². The SMILES string of the molecule is CCOCCNCCC(=O)N(CC)CC. The van der Waals surface area contributed by atoms with Crippen LogP contribution in [0.3, 0.4) is 0 Å². The average molecular weight is 216 g/mol. The Balaban J connectivity index is 3.38. The van der Waals surface area contributed by atoms with E-state index in [9.17, 15) is 4.79 Å². The summed E-state index contributed by atoms with van der Waals surface area (Å²) < 4.78 is 5.17. The molecule has 4 heteroatoms. The molecule has 0 heterocycles. The Kier molecular flexibility index (Phi) is 9.52. The maximum absolute atomic E-state index is 11.5. The molecule has 0 aliphatic rings. The first-order valence-corrected chi connectivity index (χ1v) is 5.82. The third-order valence-corrected chi connectivity index (χ3v) is 2.26. The molecule has 0 saturated heterocycles. The average Bonchev–Trinajstić information content (AvgIpc) is 2.25. The van der Waals surface area contributed by atoms with E-state index in [0.29, 0.717) is 6.42 Å². The summed E-state index contributed by atoms with van der Waals surface area (Å²) in [6.45, 7) is 10.6. The van der Waals surface area contributed by atoms with Crippen molar-refractivity contribution in [2.45, 2.75) is 27.2 Å². The van der Waals surface area contributed by atoms with Crippen molar-refractivity contribution < 1.29 is 9.53 Å². The molecule has 0 aliphatic carbocycles.